The van der Waals surface area contributed by atoms with Gasteiger partial charge in [-0.05, 0) is 68.0 Å². The van der Waals surface area contributed by atoms with Gasteiger partial charge in [0.2, 0.25) is 5.95 Å². The summed E-state index contributed by atoms with van der Waals surface area (Å²) in [5, 5.41) is 0.425. The van der Waals surface area contributed by atoms with Crippen molar-refractivity contribution in [1.82, 2.24) is 19.8 Å². The molecule has 1 aliphatic heterocycles. The second kappa shape index (κ2) is 11.3. The van der Waals surface area contributed by atoms with Gasteiger partial charge in [-0.1, -0.05) is 48.5 Å². The van der Waals surface area contributed by atoms with Crippen molar-refractivity contribution in [2.45, 2.75) is 38.6 Å². The maximum atomic E-state index is 6.35. The van der Waals surface area contributed by atoms with Crippen LogP contribution in [0.2, 0.25) is 5.15 Å². The van der Waals surface area contributed by atoms with Crippen molar-refractivity contribution in [3.63, 3.8) is 0 Å². The van der Waals surface area contributed by atoms with Crippen molar-refractivity contribution in [3.8, 4) is 11.3 Å². The standard InChI is InChI=1S/C27H32ClN5S/c1-19(2)33-13-7-12-32(14-15-33)18-22-10-6-11-23(16-22)34-31-27-29-24(17-25(28)30-27)26-20(3)8-5-9-21(26)4/h5-6,8-11,16-17H,1,7,12-15,18H2,2-4H3,(H,29,30,31). The summed E-state index contributed by atoms with van der Waals surface area (Å²) in [6.45, 7) is 15.6. The molecule has 0 radical (unpaired) electrons. The number of hydrogen-bond acceptors (Lipinski definition) is 6. The van der Waals surface area contributed by atoms with Gasteiger partial charge in [-0.15, -0.1) is 0 Å². The Kier molecular flexibility index (Phi) is 8.14. The topological polar surface area (TPSA) is 44.3 Å². The lowest BCUT2D eigenvalue weighted by Gasteiger charge is -2.23. The fraction of sp³-hybridized carbons (Fsp3) is 0.333. The third-order valence-corrected chi connectivity index (χ3v) is 7.09. The molecule has 0 bridgehead atoms. The van der Waals surface area contributed by atoms with E-state index in [-0.39, 0.29) is 0 Å². The summed E-state index contributed by atoms with van der Waals surface area (Å²) < 4.78 is 3.29. The third kappa shape index (κ3) is 6.32. The number of halogens is 1. The van der Waals surface area contributed by atoms with Crippen LogP contribution in [0.3, 0.4) is 0 Å². The molecule has 0 atom stereocenters. The Bertz CT molecular complexity index is 1150. The average molecular weight is 494 g/mol. The lowest BCUT2D eigenvalue weighted by atomic mass is 10.00. The van der Waals surface area contributed by atoms with Gasteiger partial charge in [0.15, 0.2) is 0 Å². The molecular weight excluding hydrogens is 462 g/mol. The predicted octanol–water partition coefficient (Wildman–Crippen LogP) is 6.57. The summed E-state index contributed by atoms with van der Waals surface area (Å²) in [6.07, 6.45) is 1.16. The Labute approximate surface area is 212 Å². The number of hydrogen-bond donors (Lipinski definition) is 1. The van der Waals surface area contributed by atoms with Gasteiger partial charge in [0.1, 0.15) is 5.15 Å². The van der Waals surface area contributed by atoms with Gasteiger partial charge >= 0.3 is 0 Å². The second-order valence-electron chi connectivity index (χ2n) is 8.87. The van der Waals surface area contributed by atoms with Crippen LogP contribution < -0.4 is 4.72 Å². The maximum absolute atomic E-state index is 6.35. The van der Waals surface area contributed by atoms with Crippen LogP contribution in [0.5, 0.6) is 0 Å². The number of rotatable bonds is 7. The molecule has 0 amide bonds. The number of benzene rings is 2. The summed E-state index contributed by atoms with van der Waals surface area (Å²) >= 11 is 7.86. The van der Waals surface area contributed by atoms with E-state index in [1.165, 1.54) is 28.6 Å². The molecule has 1 aliphatic rings. The van der Waals surface area contributed by atoms with E-state index < -0.39 is 0 Å². The van der Waals surface area contributed by atoms with Gasteiger partial charge in [0.25, 0.3) is 0 Å². The summed E-state index contributed by atoms with van der Waals surface area (Å²) in [5.74, 6) is 0.507. The van der Waals surface area contributed by atoms with E-state index in [1.54, 1.807) is 0 Å². The molecule has 34 heavy (non-hydrogen) atoms. The van der Waals surface area contributed by atoms with Gasteiger partial charge < -0.3 is 4.90 Å². The van der Waals surface area contributed by atoms with Crippen LogP contribution in [0, 0.1) is 13.8 Å². The van der Waals surface area contributed by atoms with Crippen LogP contribution in [0.15, 0.2) is 65.7 Å². The van der Waals surface area contributed by atoms with Crippen LogP contribution in [-0.2, 0) is 6.54 Å². The van der Waals surface area contributed by atoms with Crippen LogP contribution >= 0.6 is 23.5 Å². The normalized spacial score (nSPS) is 14.6. The van der Waals surface area contributed by atoms with Gasteiger partial charge in [0, 0.05) is 54.9 Å². The lowest BCUT2D eigenvalue weighted by molar-refractivity contribution is 0.271. The van der Waals surface area contributed by atoms with Gasteiger partial charge in [-0.2, -0.15) is 0 Å². The number of nitrogens with zero attached hydrogens (tertiary/aromatic N) is 4. The van der Waals surface area contributed by atoms with Crippen molar-refractivity contribution in [2.75, 3.05) is 30.9 Å². The molecule has 5 nitrogen and oxygen atoms in total. The van der Waals surface area contributed by atoms with E-state index in [2.05, 4.69) is 89.3 Å². The first-order valence-electron chi connectivity index (χ1n) is 11.6. The zero-order valence-electron chi connectivity index (χ0n) is 20.1. The molecule has 1 aromatic heterocycles. The first-order chi connectivity index (χ1) is 16.4. The number of nitrogens with one attached hydrogen (secondary N) is 1. The smallest absolute Gasteiger partial charge is 0.235 e. The fourth-order valence-corrected chi connectivity index (χ4v) is 5.23. The highest BCUT2D eigenvalue weighted by Crippen LogP contribution is 2.29. The molecule has 1 saturated heterocycles. The van der Waals surface area contributed by atoms with Gasteiger partial charge in [-0.3, -0.25) is 9.62 Å². The predicted molar refractivity (Wildman–Crippen MR) is 144 cm³/mol. The maximum Gasteiger partial charge on any atom is 0.235 e. The molecule has 4 rings (SSSR count). The summed E-state index contributed by atoms with van der Waals surface area (Å²) in [5.41, 5.74) is 6.73. The molecule has 178 valence electrons. The second-order valence-corrected chi connectivity index (χ2v) is 10.1. The molecule has 7 heteroatoms. The SMILES string of the molecule is C=C(C)N1CCCN(Cc2cccc(SNc3nc(Cl)cc(-c4c(C)cccc4C)n3)c2)CC1. The Morgan fingerprint density at radius 3 is 2.56 bits per heavy atom. The van der Waals surface area contributed by atoms with Crippen LogP contribution in [0.4, 0.5) is 5.95 Å². The van der Waals surface area contributed by atoms with Crippen LogP contribution in [-0.4, -0.2) is 45.9 Å². The van der Waals surface area contributed by atoms with E-state index in [9.17, 15) is 0 Å². The molecule has 0 unspecified atom stereocenters. The fourth-order valence-electron chi connectivity index (χ4n) is 4.39. The quantitative estimate of drug-likeness (QED) is 0.296. The summed E-state index contributed by atoms with van der Waals surface area (Å²) in [6, 6.07) is 16.7. The molecule has 0 saturated carbocycles. The molecule has 3 aromatic rings. The number of aryl methyl sites for hydroxylation is 2. The van der Waals surface area contributed by atoms with Crippen molar-refractivity contribution < 1.29 is 0 Å². The molecule has 2 heterocycles. The summed E-state index contributed by atoms with van der Waals surface area (Å²) in [4.78, 5) is 15.2. The van der Waals surface area contributed by atoms with E-state index in [4.69, 9.17) is 16.6 Å². The van der Waals surface area contributed by atoms with E-state index in [0.717, 1.165) is 61.0 Å². The monoisotopic (exact) mass is 493 g/mol. The third-order valence-electron chi connectivity index (χ3n) is 6.13. The van der Waals surface area contributed by atoms with Gasteiger partial charge in [0.05, 0.1) is 5.69 Å². The Morgan fingerprint density at radius 1 is 1.03 bits per heavy atom. The average Bonchev–Trinajstić information content (AvgIpc) is 3.03. The van der Waals surface area contributed by atoms with Crippen molar-refractivity contribution in [1.29, 1.82) is 0 Å². The molecule has 0 spiro atoms. The highest BCUT2D eigenvalue weighted by molar-refractivity contribution is 8.00. The van der Waals surface area contributed by atoms with Crippen LogP contribution in [0.1, 0.15) is 30.0 Å². The van der Waals surface area contributed by atoms with Gasteiger partial charge in [-0.25, -0.2) is 9.97 Å². The molecule has 2 aromatic carbocycles. The first kappa shape index (κ1) is 24.6. The minimum Gasteiger partial charge on any atom is -0.374 e. The lowest BCUT2D eigenvalue weighted by Crippen LogP contribution is -2.29. The Morgan fingerprint density at radius 2 is 1.79 bits per heavy atom. The molecule has 1 fully saturated rings. The Balaban J connectivity index is 1.42. The number of anilines is 1. The number of allylic oxidation sites excluding steroid dienone is 1. The van der Waals surface area contributed by atoms with Crippen molar-refractivity contribution in [2.24, 2.45) is 0 Å². The highest BCUT2D eigenvalue weighted by Gasteiger charge is 2.15. The minimum absolute atomic E-state index is 0.425. The van der Waals surface area contributed by atoms with E-state index in [1.807, 2.05) is 6.07 Å². The summed E-state index contributed by atoms with van der Waals surface area (Å²) in [7, 11) is 0. The minimum atomic E-state index is 0.425. The van der Waals surface area contributed by atoms with Crippen molar-refractivity contribution >= 4 is 29.5 Å². The molecule has 1 N–H and O–H groups in total. The van der Waals surface area contributed by atoms with Crippen molar-refractivity contribution in [3.05, 3.63) is 82.7 Å². The number of aromatic nitrogens is 2. The zero-order valence-corrected chi connectivity index (χ0v) is 21.7. The van der Waals surface area contributed by atoms with E-state index >= 15 is 0 Å². The molecule has 0 aliphatic carbocycles. The largest absolute Gasteiger partial charge is 0.374 e. The highest BCUT2D eigenvalue weighted by atomic mass is 35.5. The molecular formula is C27H32ClN5S. The van der Waals surface area contributed by atoms with E-state index in [0.29, 0.717) is 11.1 Å². The zero-order chi connectivity index (χ0) is 24.1. The van der Waals surface area contributed by atoms with Crippen LogP contribution in [0.25, 0.3) is 11.3 Å². The first-order valence-corrected chi connectivity index (χ1v) is 12.8. The Hall–Kier alpha value is -2.54.